The standard InChI is InChI=1S/C19H30N4O3.C18H28N4O3.C18H33N3O4.C13H25N3O2.C10H19NO3.C10H17NO3.C7H16N2.C5H4BrNO.B.Na.H/c1-15(2)21-10-12-23(13-11-21)19(25)26-17-5-8-22(9-6-17)16-4-7-20(3)18(24)14-16;1-14(2)20-9-11-22(12-10-20)18(24)25-16-4-7-21(8-5-16)15-3-6-19-17(23)13-15;1-14(2)19-10-12-21(13-11-19)16(22)24-15-6-8-20(9-7-15)17(23)25-18(3,4)5;1-11(2)15-7-9-16(10-8-15)13(17)18-12-3-5-14-6-4-12;2*1-10(2,3)14-9(13)11-6-4-8(12)5-7-11;1-7(2)9-5-3-8-4-6-9;6-4-1-2-7-5(8)3-4;;;/h4,7,14-15,17H,5-6,8-13H2,1-3H3;3,6,13-14,16H,4-5,7-12H2,1-2H3,(H,19,23);14-15H,6-13H2,1-5H3;11-12,14H,3-10H2,1-2H3;8,12H,4-7H2,1-3H3;4-7H2,1-3H3;7-8H,3-6H2,1-2H3;1-3H,(H,7,8);;;/q;;;;;;;;;+1;-1. The number of hydrogen-bond donors (Lipinski definition) is 5. The summed E-state index contributed by atoms with van der Waals surface area (Å²) in [5, 5.41) is 15.9. The molecule has 0 spiro atoms. The number of nitrogens with zero attached hydrogens (tertiary/aromatic N) is 15. The molecule has 0 unspecified atom stereocenters. The predicted octanol–water partition coefficient (Wildman–Crippen LogP) is 7.61. The van der Waals surface area contributed by atoms with Crippen LogP contribution in [0.25, 0.3) is 0 Å². The summed E-state index contributed by atoms with van der Waals surface area (Å²) in [6, 6.07) is 13.2. The second-order valence-corrected chi connectivity index (χ2v) is 42.6. The number of carbonyl (C=O) groups excluding carboxylic acids is 8. The quantitative estimate of drug-likeness (QED) is 0.0910. The summed E-state index contributed by atoms with van der Waals surface area (Å²) in [4.78, 5) is 162. The molecule has 5 N–H and O–H groups in total. The van der Waals surface area contributed by atoms with E-state index >= 15 is 0 Å². The zero-order chi connectivity index (χ0) is 102. The monoisotopic (exact) mass is 2060 g/mol. The van der Waals surface area contributed by atoms with Gasteiger partial charge in [0.05, 0.1) is 6.10 Å². The van der Waals surface area contributed by atoms with Crippen molar-refractivity contribution in [2.45, 2.75) is 286 Å². The number of Topliss-reactive ketones (excluding diaryl/α,β-unsaturated/α-hetero) is 1. The Hall–Kier alpha value is -7.77. The van der Waals surface area contributed by atoms with E-state index in [0.29, 0.717) is 115 Å². The molecule has 0 aromatic carbocycles. The number of likely N-dealkylation sites (tertiary alicyclic amines) is 3. The van der Waals surface area contributed by atoms with E-state index in [1.54, 1.807) is 68.0 Å². The number of nitrogens with one attached hydrogen (secondary N) is 4. The third-order valence-corrected chi connectivity index (χ3v) is 26.3. The molecule has 3 aromatic rings. The first kappa shape index (κ1) is 124. The molecule has 38 nitrogen and oxygen atoms in total. The number of piperidine rings is 6. The van der Waals surface area contributed by atoms with E-state index in [-0.39, 0.29) is 135 Å². The summed E-state index contributed by atoms with van der Waals surface area (Å²) in [7, 11) is 1.75. The zero-order valence-electron chi connectivity index (χ0n) is 90.0. The van der Waals surface area contributed by atoms with Gasteiger partial charge in [0.2, 0.25) is 11.1 Å². The summed E-state index contributed by atoms with van der Waals surface area (Å²) < 4.78 is 40.8. The SMILES string of the molecule is CC(C)(C)OC(=O)N1CCC(=O)CC1.CC(C)(C)OC(=O)N1CCC(O)CC1.CC(C)N1CCN(C(=O)OC2CCN(C(=O)OC(C)(C)C)CC2)CC1.CC(C)N1CCN(C(=O)OC2CCN(c3cc[nH]c(=O)c3)CC2)CC1.CC(C)N1CCN(C(=O)OC2CCN(c3ccn(C)c(=O)c3)CC2)CC1.CC(C)N1CCN(C(=O)OC2CCNCC2)CC1.CC(C)N1CCNCC1.O=c1cc(Br)cc[nH]1.[B].[H-].[Na+]. The third-order valence-electron chi connectivity index (χ3n) is 25.8. The molecule has 14 heterocycles. The van der Waals surface area contributed by atoms with Crippen LogP contribution in [-0.4, -0.2) is 422 Å². The van der Waals surface area contributed by atoms with Crippen molar-refractivity contribution in [3.05, 3.63) is 90.5 Å². The van der Waals surface area contributed by atoms with Crippen molar-refractivity contribution in [2.24, 2.45) is 7.05 Å². The summed E-state index contributed by atoms with van der Waals surface area (Å²) in [6.07, 6.45) is 11.8. The van der Waals surface area contributed by atoms with Crippen LogP contribution in [-0.2, 0) is 45.0 Å². The van der Waals surface area contributed by atoms with E-state index in [2.05, 4.69) is 140 Å². The number of aliphatic hydroxyl groups excluding tert-OH is 1. The van der Waals surface area contributed by atoms with Gasteiger partial charge in [0.25, 0.3) is 5.56 Å². The van der Waals surface area contributed by atoms with Crippen molar-refractivity contribution in [2.75, 3.05) is 219 Å². The number of ketones is 1. The van der Waals surface area contributed by atoms with Crippen LogP contribution in [0.5, 0.6) is 0 Å². The van der Waals surface area contributed by atoms with Gasteiger partial charge in [-0.1, -0.05) is 15.9 Å². The van der Waals surface area contributed by atoms with Crippen LogP contribution in [0.1, 0.15) is 210 Å². The van der Waals surface area contributed by atoms with Crippen LogP contribution in [0.15, 0.2) is 73.8 Å². The van der Waals surface area contributed by atoms with Crippen molar-refractivity contribution in [1.82, 2.24) is 84.0 Å². The second kappa shape index (κ2) is 62.3. The molecular weight excluding hydrogens is 1880 g/mol. The van der Waals surface area contributed by atoms with Crippen molar-refractivity contribution in [3.8, 4) is 0 Å². The maximum absolute atomic E-state index is 12.4. The number of carbonyl (C=O) groups is 8. The number of rotatable bonds is 11. The molecule has 0 bridgehead atoms. The van der Waals surface area contributed by atoms with Gasteiger partial charge < -0.3 is 109 Å². The average Bonchev–Trinajstić information content (AvgIpc) is 0.839. The molecule has 0 atom stereocenters. The number of ether oxygens (including phenoxy) is 7. The Morgan fingerprint density at radius 2 is 0.631 bits per heavy atom. The normalized spacial score (nSPS) is 19.6. The molecule has 11 saturated heterocycles. The fourth-order valence-corrected chi connectivity index (χ4v) is 17.4. The Labute approximate surface area is 873 Å². The van der Waals surface area contributed by atoms with Gasteiger partial charge in [-0.25, -0.2) is 33.6 Å². The first-order valence-electron chi connectivity index (χ1n) is 50.9. The Morgan fingerprint density at radius 1 is 0.355 bits per heavy atom. The van der Waals surface area contributed by atoms with Gasteiger partial charge in [0.1, 0.15) is 47.0 Å². The van der Waals surface area contributed by atoms with Crippen LogP contribution in [0, 0.1) is 0 Å². The van der Waals surface area contributed by atoms with Gasteiger partial charge in [0.15, 0.2) is 0 Å². The second-order valence-electron chi connectivity index (χ2n) is 41.7. The summed E-state index contributed by atoms with van der Waals surface area (Å²) in [5.74, 6) is 0.227. The summed E-state index contributed by atoms with van der Waals surface area (Å²) in [6.45, 7) is 65.1. The van der Waals surface area contributed by atoms with E-state index in [4.69, 9.17) is 33.2 Å². The van der Waals surface area contributed by atoms with E-state index in [1.165, 1.54) is 19.2 Å². The molecule has 14 rings (SSSR count). The molecule has 11 aliphatic heterocycles. The number of pyridine rings is 3. The maximum atomic E-state index is 12.4. The smallest absolute Gasteiger partial charge is 1.00 e. The Morgan fingerprint density at radius 3 is 0.922 bits per heavy atom. The van der Waals surface area contributed by atoms with Gasteiger partial charge in [0, 0.05) is 346 Å². The Bertz CT molecular complexity index is 4340. The number of H-pyrrole nitrogens is 2. The summed E-state index contributed by atoms with van der Waals surface area (Å²) >= 11 is 3.14. The van der Waals surface area contributed by atoms with Gasteiger partial charge in [-0.15, -0.1) is 0 Å². The van der Waals surface area contributed by atoms with Crippen molar-refractivity contribution in [1.29, 1.82) is 0 Å². The first-order chi connectivity index (χ1) is 65.6. The number of aromatic amines is 2. The predicted molar refractivity (Wildman–Crippen MR) is 551 cm³/mol. The topological polar surface area (TPSA) is 379 Å². The number of aryl methyl sites for hydroxylation is 1. The third kappa shape index (κ3) is 47.1. The molecule has 0 aliphatic carbocycles. The molecule has 3 aromatic heterocycles. The maximum Gasteiger partial charge on any atom is 1.00 e. The van der Waals surface area contributed by atoms with Crippen LogP contribution >= 0.6 is 15.9 Å². The molecule has 11 aliphatic rings. The minimum Gasteiger partial charge on any atom is -1.00 e. The molecule has 41 heteroatoms. The first-order valence-corrected chi connectivity index (χ1v) is 51.7. The van der Waals surface area contributed by atoms with E-state index in [0.717, 1.165) is 204 Å². The van der Waals surface area contributed by atoms with Crippen LogP contribution in [0.2, 0.25) is 0 Å². The van der Waals surface area contributed by atoms with Crippen molar-refractivity contribution < 1.29 is 108 Å². The number of hydrogen-bond acceptors (Lipinski definition) is 28. The molecule has 11 fully saturated rings. The number of anilines is 2. The average molecular weight is 2060 g/mol. The minimum absolute atomic E-state index is 0. The Balaban J connectivity index is 0.000000346. The van der Waals surface area contributed by atoms with E-state index in [9.17, 15) is 57.8 Å². The number of aromatic nitrogens is 3. The minimum atomic E-state index is -0.488. The van der Waals surface area contributed by atoms with Crippen molar-refractivity contribution in [3.63, 3.8) is 0 Å². The Kier molecular flexibility index (Phi) is 54.6. The van der Waals surface area contributed by atoms with Crippen LogP contribution in [0.3, 0.4) is 0 Å². The molecule has 0 saturated carbocycles. The van der Waals surface area contributed by atoms with Gasteiger partial charge >= 0.3 is 72.2 Å². The summed E-state index contributed by atoms with van der Waals surface area (Å²) in [5.41, 5.74) is 0.313. The van der Waals surface area contributed by atoms with Gasteiger partial charge in [-0.3, -0.25) is 43.7 Å². The fraction of sp³-hybridized carbons (Fsp3) is 0.770. The molecular formula is C100H173BBrN19NaO19. The van der Waals surface area contributed by atoms with E-state index in [1.807, 2.05) is 89.1 Å². The van der Waals surface area contributed by atoms with Gasteiger partial charge in [-0.2, -0.15) is 0 Å². The fourth-order valence-electron chi connectivity index (χ4n) is 17.0. The molecule has 793 valence electrons. The number of aliphatic hydroxyl groups is 1. The molecule has 7 amide bonds. The molecule has 141 heavy (non-hydrogen) atoms. The number of halogens is 1. The number of amides is 7. The van der Waals surface area contributed by atoms with Crippen molar-refractivity contribution >= 4 is 84.2 Å². The zero-order valence-corrected chi connectivity index (χ0v) is 92.6. The molecule has 3 radical (unpaired) electrons. The van der Waals surface area contributed by atoms with E-state index < -0.39 is 16.8 Å². The number of piperazine rings is 5. The van der Waals surface area contributed by atoms with Gasteiger partial charge in [-0.05, 0) is 189 Å². The largest absolute Gasteiger partial charge is 1.00 e. The van der Waals surface area contributed by atoms with Crippen LogP contribution < -0.4 is 66.7 Å². The van der Waals surface area contributed by atoms with Crippen LogP contribution in [0.4, 0.5) is 44.9 Å².